The first kappa shape index (κ1) is 10.6. The van der Waals surface area contributed by atoms with Crippen LogP contribution in [-0.2, 0) is 9.53 Å². The number of carbonyl (C=O) groups is 1. The smallest absolute Gasteiger partial charge is 0.138 e. The van der Waals surface area contributed by atoms with E-state index in [-0.39, 0.29) is 12.2 Å². The van der Waals surface area contributed by atoms with E-state index in [1.54, 1.807) is 0 Å². The lowest BCUT2D eigenvalue weighted by molar-refractivity contribution is -0.132. The number of ether oxygens (including phenoxy) is 1. The van der Waals surface area contributed by atoms with E-state index in [9.17, 15) is 4.79 Å². The van der Waals surface area contributed by atoms with Crippen LogP contribution in [0.2, 0.25) is 0 Å². The van der Waals surface area contributed by atoms with Crippen LogP contribution >= 0.6 is 0 Å². The predicted molar refractivity (Wildman–Crippen MR) is 45.6 cm³/mol. The van der Waals surface area contributed by atoms with E-state index in [0.29, 0.717) is 18.6 Å². The minimum absolute atomic E-state index is 0.140. The molecule has 0 saturated carbocycles. The summed E-state index contributed by atoms with van der Waals surface area (Å²) in [6, 6.07) is 0. The van der Waals surface area contributed by atoms with Crippen molar-refractivity contribution in [1.82, 2.24) is 0 Å². The van der Waals surface area contributed by atoms with Crippen LogP contribution in [0.4, 0.5) is 0 Å². The molecule has 1 saturated heterocycles. The molecule has 0 aliphatic carbocycles. The first-order valence-electron chi connectivity index (χ1n) is 4.35. The molecule has 2 unspecified atom stereocenters. The number of rotatable bonds is 0. The second-order valence-electron chi connectivity index (χ2n) is 2.70. The highest BCUT2D eigenvalue weighted by atomic mass is 16.5. The fourth-order valence-corrected chi connectivity index (χ4v) is 1.22. The molecule has 2 nitrogen and oxygen atoms in total. The molecule has 1 heterocycles. The van der Waals surface area contributed by atoms with Crippen LogP contribution in [-0.4, -0.2) is 18.0 Å². The Balaban J connectivity index is 0.000000461. The number of ketones is 1. The monoisotopic (exact) mass is 158 g/mol. The van der Waals surface area contributed by atoms with Gasteiger partial charge in [0.25, 0.3) is 0 Å². The SMILES string of the molecule is CC.CC1CC(=O)CC(C)O1. The zero-order valence-electron chi connectivity index (χ0n) is 7.89. The number of hydrogen-bond acceptors (Lipinski definition) is 2. The fourth-order valence-electron chi connectivity index (χ4n) is 1.22. The molecule has 11 heavy (non-hydrogen) atoms. The van der Waals surface area contributed by atoms with Gasteiger partial charge in [0.1, 0.15) is 5.78 Å². The summed E-state index contributed by atoms with van der Waals surface area (Å²) >= 11 is 0. The molecule has 0 N–H and O–H groups in total. The first-order chi connectivity index (χ1) is 5.18. The average Bonchev–Trinajstić information content (AvgIpc) is 1.88. The molecule has 0 spiro atoms. The maximum atomic E-state index is 10.8. The van der Waals surface area contributed by atoms with Gasteiger partial charge in [-0.2, -0.15) is 0 Å². The number of Topliss-reactive ketones (excluding diaryl/α,β-unsaturated/α-hetero) is 1. The molecule has 1 rings (SSSR count). The van der Waals surface area contributed by atoms with Gasteiger partial charge < -0.3 is 4.74 Å². The Morgan fingerprint density at radius 3 is 1.82 bits per heavy atom. The molecule has 2 heteroatoms. The van der Waals surface area contributed by atoms with E-state index in [2.05, 4.69) is 0 Å². The minimum atomic E-state index is 0.140. The highest BCUT2D eigenvalue weighted by Gasteiger charge is 2.20. The Morgan fingerprint density at radius 1 is 1.18 bits per heavy atom. The van der Waals surface area contributed by atoms with Gasteiger partial charge in [-0.05, 0) is 13.8 Å². The van der Waals surface area contributed by atoms with Gasteiger partial charge in [-0.1, -0.05) is 13.8 Å². The van der Waals surface area contributed by atoms with Crippen molar-refractivity contribution in [2.45, 2.75) is 52.7 Å². The van der Waals surface area contributed by atoms with Crippen molar-refractivity contribution in [1.29, 1.82) is 0 Å². The summed E-state index contributed by atoms with van der Waals surface area (Å²) in [7, 11) is 0. The minimum Gasteiger partial charge on any atom is -0.375 e. The molecular weight excluding hydrogens is 140 g/mol. The van der Waals surface area contributed by atoms with Crippen molar-refractivity contribution < 1.29 is 9.53 Å². The fraction of sp³-hybridized carbons (Fsp3) is 0.889. The van der Waals surface area contributed by atoms with Crippen molar-refractivity contribution in [2.75, 3.05) is 0 Å². The summed E-state index contributed by atoms with van der Waals surface area (Å²) in [6.45, 7) is 7.88. The van der Waals surface area contributed by atoms with E-state index >= 15 is 0 Å². The van der Waals surface area contributed by atoms with Crippen LogP contribution in [0.5, 0.6) is 0 Å². The summed E-state index contributed by atoms with van der Waals surface area (Å²) in [5, 5.41) is 0. The third kappa shape index (κ3) is 4.14. The molecular formula is C9H18O2. The lowest BCUT2D eigenvalue weighted by Gasteiger charge is -2.23. The second kappa shape index (κ2) is 5.30. The maximum Gasteiger partial charge on any atom is 0.138 e. The van der Waals surface area contributed by atoms with Crippen molar-refractivity contribution in [3.63, 3.8) is 0 Å². The standard InChI is InChI=1S/C7H12O2.C2H6/c1-5-3-7(8)4-6(2)9-5;1-2/h5-6H,3-4H2,1-2H3;1-2H3. The average molecular weight is 158 g/mol. The van der Waals surface area contributed by atoms with Gasteiger partial charge in [0, 0.05) is 12.8 Å². The van der Waals surface area contributed by atoms with Gasteiger partial charge in [-0.15, -0.1) is 0 Å². The summed E-state index contributed by atoms with van der Waals surface area (Å²) in [5.41, 5.74) is 0. The maximum absolute atomic E-state index is 10.8. The molecule has 0 bridgehead atoms. The van der Waals surface area contributed by atoms with E-state index in [1.165, 1.54) is 0 Å². The topological polar surface area (TPSA) is 26.3 Å². The largest absolute Gasteiger partial charge is 0.375 e. The van der Waals surface area contributed by atoms with Crippen molar-refractivity contribution in [3.8, 4) is 0 Å². The number of hydrogen-bond donors (Lipinski definition) is 0. The zero-order valence-corrected chi connectivity index (χ0v) is 7.89. The van der Waals surface area contributed by atoms with E-state index in [1.807, 2.05) is 27.7 Å². The van der Waals surface area contributed by atoms with Crippen molar-refractivity contribution in [2.24, 2.45) is 0 Å². The van der Waals surface area contributed by atoms with E-state index in [4.69, 9.17) is 4.74 Å². The van der Waals surface area contributed by atoms with Crippen molar-refractivity contribution in [3.05, 3.63) is 0 Å². The van der Waals surface area contributed by atoms with Gasteiger partial charge in [0.15, 0.2) is 0 Å². The highest BCUT2D eigenvalue weighted by molar-refractivity contribution is 5.79. The molecule has 1 aliphatic rings. The van der Waals surface area contributed by atoms with Crippen molar-refractivity contribution >= 4 is 5.78 Å². The Bertz CT molecular complexity index is 109. The van der Waals surface area contributed by atoms with Crippen LogP contribution in [0.25, 0.3) is 0 Å². The van der Waals surface area contributed by atoms with Gasteiger partial charge in [-0.3, -0.25) is 4.79 Å². The summed E-state index contributed by atoms with van der Waals surface area (Å²) < 4.78 is 5.34. The molecule has 66 valence electrons. The Morgan fingerprint density at radius 2 is 1.55 bits per heavy atom. The Hall–Kier alpha value is -0.370. The molecule has 0 radical (unpaired) electrons. The van der Waals surface area contributed by atoms with Crippen LogP contribution in [0.15, 0.2) is 0 Å². The molecule has 2 atom stereocenters. The summed E-state index contributed by atoms with van der Waals surface area (Å²) in [5.74, 6) is 0.334. The molecule has 0 aromatic heterocycles. The molecule has 0 aromatic carbocycles. The normalized spacial score (nSPS) is 30.7. The zero-order chi connectivity index (χ0) is 8.85. The molecule has 0 aromatic rings. The van der Waals surface area contributed by atoms with Gasteiger partial charge in [0.2, 0.25) is 0 Å². The quantitative estimate of drug-likeness (QED) is 0.540. The summed E-state index contributed by atoms with van der Waals surface area (Å²) in [4.78, 5) is 10.8. The van der Waals surface area contributed by atoms with Gasteiger partial charge >= 0.3 is 0 Å². The third-order valence-electron chi connectivity index (χ3n) is 1.49. The number of carbonyl (C=O) groups excluding carboxylic acids is 1. The van der Waals surface area contributed by atoms with Crippen LogP contribution in [0.1, 0.15) is 40.5 Å². The first-order valence-corrected chi connectivity index (χ1v) is 4.35. The lowest BCUT2D eigenvalue weighted by atomic mass is 10.1. The second-order valence-corrected chi connectivity index (χ2v) is 2.70. The molecule has 1 aliphatic heterocycles. The van der Waals surface area contributed by atoms with Gasteiger partial charge in [-0.25, -0.2) is 0 Å². The van der Waals surface area contributed by atoms with E-state index in [0.717, 1.165) is 0 Å². The molecule has 0 amide bonds. The lowest BCUT2D eigenvalue weighted by Crippen LogP contribution is -2.28. The Kier molecular flexibility index (Phi) is 5.12. The van der Waals surface area contributed by atoms with Gasteiger partial charge in [0.05, 0.1) is 12.2 Å². The Labute approximate surface area is 68.9 Å². The van der Waals surface area contributed by atoms with E-state index < -0.39 is 0 Å². The third-order valence-corrected chi connectivity index (χ3v) is 1.49. The molecule has 1 fully saturated rings. The van der Waals surface area contributed by atoms with Crippen LogP contribution in [0.3, 0.4) is 0 Å². The highest BCUT2D eigenvalue weighted by Crippen LogP contribution is 2.14. The van der Waals surface area contributed by atoms with Crippen LogP contribution < -0.4 is 0 Å². The summed E-state index contributed by atoms with van der Waals surface area (Å²) in [6.07, 6.45) is 1.48. The van der Waals surface area contributed by atoms with Crippen LogP contribution in [0, 0.1) is 0 Å². The predicted octanol–water partition coefficient (Wildman–Crippen LogP) is 2.17.